The number of amides is 2. The summed E-state index contributed by atoms with van der Waals surface area (Å²) in [5, 5.41) is 0. The Bertz CT molecular complexity index is 1450. The van der Waals surface area contributed by atoms with Crippen LogP contribution in [0.5, 0.6) is 5.75 Å². The Hall–Kier alpha value is -3.61. The van der Waals surface area contributed by atoms with E-state index in [4.69, 9.17) is 13.9 Å². The van der Waals surface area contributed by atoms with Crippen LogP contribution >= 0.6 is 0 Å². The van der Waals surface area contributed by atoms with Gasteiger partial charge in [-0.1, -0.05) is 6.07 Å². The predicted octanol–water partition coefficient (Wildman–Crippen LogP) is 6.27. The number of hydrogen-bond donors (Lipinski definition) is 1. The zero-order chi connectivity index (χ0) is 29.5. The van der Waals surface area contributed by atoms with Crippen LogP contribution in [0.4, 0.5) is 22.4 Å². The molecule has 1 N–H and O–H groups in total. The molecule has 1 aromatic heterocycles. The molecule has 5 rings (SSSR count). The molecule has 1 aliphatic carbocycles. The van der Waals surface area contributed by atoms with Crippen LogP contribution in [-0.4, -0.2) is 49.2 Å². The van der Waals surface area contributed by atoms with Crippen molar-refractivity contribution in [3.8, 4) is 5.75 Å². The van der Waals surface area contributed by atoms with Crippen LogP contribution in [-0.2, 0) is 15.7 Å². The number of carbonyl (C=O) groups excluding carboxylic acids is 2. The number of oxazole rings is 1. The lowest BCUT2D eigenvalue weighted by molar-refractivity contribution is -0.137. The molecule has 3 aromatic rings. The fourth-order valence-corrected chi connectivity index (χ4v) is 6.91. The molecule has 1 radical (unpaired) electrons. The third-order valence-electron chi connectivity index (χ3n) is 6.78. The zero-order valence-electron chi connectivity index (χ0n) is 22.8. The number of benzene rings is 2. The van der Waals surface area contributed by atoms with Gasteiger partial charge in [0, 0.05) is 12.2 Å². The second-order valence-electron chi connectivity index (χ2n) is 11.3. The predicted molar refractivity (Wildman–Crippen MR) is 142 cm³/mol. The molecule has 1 saturated heterocycles. The van der Waals surface area contributed by atoms with Gasteiger partial charge in [-0.3, -0.25) is 9.69 Å². The van der Waals surface area contributed by atoms with E-state index in [2.05, 4.69) is 9.97 Å². The molecular weight excluding hydrogens is 562 g/mol. The van der Waals surface area contributed by atoms with Crippen molar-refractivity contribution in [1.82, 2.24) is 14.9 Å². The Labute approximate surface area is 235 Å². The van der Waals surface area contributed by atoms with Gasteiger partial charge >= 0.3 is 12.3 Å². The average molecular weight is 593 g/mol. The minimum Gasteiger partial charge on any atom is -0.484 e. The standard InChI is InChI=1S/C28H30F4N3O5Si/c1-27(2,3)40-26(37)35-15-41(34-24(36)14-38-18-7-8-19(16-4-5-16)20(29)13-18)11-10-22(35)25-33-21-9-6-17(28(30,31)32)12-23(21)39-25/h6-9,12-13,16,22H,4-5,10-11,14-15H2,1-3H3,(H,34,36)/t22-/m1/s1. The van der Waals surface area contributed by atoms with Crippen LogP contribution in [0.2, 0.25) is 6.04 Å². The molecule has 2 heterocycles. The van der Waals surface area contributed by atoms with Crippen LogP contribution in [0.15, 0.2) is 40.8 Å². The van der Waals surface area contributed by atoms with E-state index in [1.54, 1.807) is 32.9 Å². The summed E-state index contributed by atoms with van der Waals surface area (Å²) in [5.41, 5.74) is -0.818. The zero-order valence-corrected chi connectivity index (χ0v) is 23.8. The van der Waals surface area contributed by atoms with Crippen molar-refractivity contribution < 1.29 is 41.0 Å². The van der Waals surface area contributed by atoms with E-state index in [9.17, 15) is 27.2 Å². The summed E-state index contributed by atoms with van der Waals surface area (Å²) >= 11 is 0. The van der Waals surface area contributed by atoms with Crippen molar-refractivity contribution in [3.63, 3.8) is 0 Å². The van der Waals surface area contributed by atoms with Gasteiger partial charge in [0.2, 0.25) is 11.8 Å². The second kappa shape index (κ2) is 11.0. The number of hydrogen-bond acceptors (Lipinski definition) is 6. The summed E-state index contributed by atoms with van der Waals surface area (Å²) in [6.07, 6.45) is -2.76. The molecule has 2 aliphatic rings. The summed E-state index contributed by atoms with van der Waals surface area (Å²) in [7, 11) is -1.66. The Morgan fingerprint density at radius 3 is 2.54 bits per heavy atom. The first kappa shape index (κ1) is 28.9. The van der Waals surface area contributed by atoms with E-state index in [0.717, 1.165) is 25.0 Å². The summed E-state index contributed by atoms with van der Waals surface area (Å²) in [5.74, 6) is -0.153. The number of carbonyl (C=O) groups is 2. The first-order valence-corrected chi connectivity index (χ1v) is 15.2. The molecule has 1 aliphatic heterocycles. The normalized spacial score (nSPS) is 18.4. The lowest BCUT2D eigenvalue weighted by Crippen LogP contribution is -2.55. The van der Waals surface area contributed by atoms with Crippen LogP contribution < -0.4 is 9.72 Å². The van der Waals surface area contributed by atoms with Crippen molar-refractivity contribution in [3.05, 3.63) is 59.2 Å². The lowest BCUT2D eigenvalue weighted by atomic mass is 10.1. The molecule has 13 heteroatoms. The molecule has 8 nitrogen and oxygen atoms in total. The SMILES string of the molecule is CC(C)(C)OC(=O)N1C[Si](NC(=O)COc2ccc(C3CC3)c(F)c2)CC[C@@H]1c1nc2ccc(C(F)(F)F)cc2o1. The van der Waals surface area contributed by atoms with Gasteiger partial charge in [0.05, 0.1) is 5.56 Å². The molecule has 1 saturated carbocycles. The number of alkyl halides is 3. The van der Waals surface area contributed by atoms with Gasteiger partial charge in [-0.15, -0.1) is 0 Å². The number of aromatic nitrogens is 1. The first-order chi connectivity index (χ1) is 19.3. The maximum atomic E-state index is 14.3. The molecular formula is C28H30F4N3O5Si. The highest BCUT2D eigenvalue weighted by atomic mass is 28.3. The molecule has 0 unspecified atom stereocenters. The van der Waals surface area contributed by atoms with Crippen LogP contribution in [0.1, 0.15) is 69.0 Å². The van der Waals surface area contributed by atoms with Gasteiger partial charge in [-0.25, -0.2) is 14.2 Å². The smallest absolute Gasteiger partial charge is 0.416 e. The van der Waals surface area contributed by atoms with Gasteiger partial charge in [0.15, 0.2) is 21.1 Å². The highest BCUT2D eigenvalue weighted by molar-refractivity contribution is 6.59. The Morgan fingerprint density at radius 2 is 1.88 bits per heavy atom. The fourth-order valence-electron chi connectivity index (χ4n) is 4.70. The van der Waals surface area contributed by atoms with Gasteiger partial charge in [-0.05, 0) is 81.8 Å². The van der Waals surface area contributed by atoms with E-state index in [1.165, 1.54) is 17.0 Å². The maximum absolute atomic E-state index is 14.3. The molecule has 2 aromatic carbocycles. The third-order valence-corrected chi connectivity index (χ3v) is 9.02. The summed E-state index contributed by atoms with van der Waals surface area (Å²) in [6, 6.07) is 7.48. The van der Waals surface area contributed by atoms with E-state index < -0.39 is 44.3 Å². The van der Waals surface area contributed by atoms with Gasteiger partial charge in [-0.2, -0.15) is 13.2 Å². The second-order valence-corrected chi connectivity index (χ2v) is 13.6. The Balaban J connectivity index is 1.27. The number of nitrogens with one attached hydrogen (secondary N) is 1. The van der Waals surface area contributed by atoms with Crippen molar-refractivity contribution in [2.45, 2.75) is 69.8 Å². The van der Waals surface area contributed by atoms with E-state index in [-0.39, 0.29) is 47.2 Å². The number of nitrogens with zero attached hydrogens (tertiary/aromatic N) is 2. The van der Waals surface area contributed by atoms with Crippen LogP contribution in [0, 0.1) is 5.82 Å². The monoisotopic (exact) mass is 592 g/mol. The van der Waals surface area contributed by atoms with Gasteiger partial charge < -0.3 is 18.9 Å². The van der Waals surface area contributed by atoms with E-state index >= 15 is 0 Å². The average Bonchev–Trinajstić information content (AvgIpc) is 3.63. The van der Waals surface area contributed by atoms with Gasteiger partial charge in [0.1, 0.15) is 28.7 Å². The molecule has 0 spiro atoms. The topological polar surface area (TPSA) is 93.9 Å². The van der Waals surface area contributed by atoms with Crippen molar-refractivity contribution in [2.75, 3.05) is 12.8 Å². The number of fused-ring (bicyclic) bond motifs is 1. The number of halogens is 4. The molecule has 2 amide bonds. The summed E-state index contributed by atoms with van der Waals surface area (Å²) < 4.78 is 70.6. The Kier molecular flexibility index (Phi) is 7.75. The minimum absolute atomic E-state index is 0.0397. The lowest BCUT2D eigenvalue weighted by Gasteiger charge is -2.37. The van der Waals surface area contributed by atoms with Crippen molar-refractivity contribution in [2.24, 2.45) is 0 Å². The fraction of sp³-hybridized carbons (Fsp3) is 0.464. The highest BCUT2D eigenvalue weighted by Gasteiger charge is 2.40. The van der Waals surface area contributed by atoms with Crippen LogP contribution in [0.25, 0.3) is 11.1 Å². The first-order valence-electron chi connectivity index (χ1n) is 13.3. The summed E-state index contributed by atoms with van der Waals surface area (Å²) in [4.78, 5) is 34.6. The highest BCUT2D eigenvalue weighted by Crippen LogP contribution is 2.42. The maximum Gasteiger partial charge on any atom is 0.416 e. The van der Waals surface area contributed by atoms with Crippen molar-refractivity contribution >= 4 is 32.1 Å². The minimum atomic E-state index is -4.54. The van der Waals surface area contributed by atoms with Crippen molar-refractivity contribution in [1.29, 1.82) is 0 Å². The van der Waals surface area contributed by atoms with E-state index in [1.807, 2.05) is 0 Å². The number of ether oxygens (including phenoxy) is 2. The largest absolute Gasteiger partial charge is 0.484 e. The summed E-state index contributed by atoms with van der Waals surface area (Å²) in [6.45, 7) is 4.83. The molecule has 2 fully saturated rings. The van der Waals surface area contributed by atoms with Crippen LogP contribution in [0.3, 0.4) is 0 Å². The quantitative estimate of drug-likeness (QED) is 0.268. The van der Waals surface area contributed by atoms with E-state index in [0.29, 0.717) is 18.0 Å². The molecule has 41 heavy (non-hydrogen) atoms. The molecule has 0 bridgehead atoms. The van der Waals surface area contributed by atoms with Gasteiger partial charge in [0.25, 0.3) is 0 Å². The molecule has 219 valence electrons. The Morgan fingerprint density at radius 1 is 1.12 bits per heavy atom. The molecule has 1 atom stereocenters. The third kappa shape index (κ3) is 7.00. The number of rotatable bonds is 6.